The Hall–Kier alpha value is 0.140. The van der Waals surface area contributed by atoms with E-state index in [-0.39, 0.29) is 17.0 Å². The van der Waals surface area contributed by atoms with Crippen LogP contribution in [0.25, 0.3) is 0 Å². The minimum atomic E-state index is 0. The van der Waals surface area contributed by atoms with E-state index in [4.69, 9.17) is 0 Å². The first-order chi connectivity index (χ1) is 5.83. The smallest absolute Gasteiger partial charge is 0.0231 e. The second kappa shape index (κ2) is 7.54. The van der Waals surface area contributed by atoms with Gasteiger partial charge in [-0.25, -0.2) is 0 Å². The maximum atomic E-state index is 3.42. The van der Waals surface area contributed by atoms with Crippen molar-refractivity contribution in [3.8, 4) is 0 Å². The van der Waals surface area contributed by atoms with Crippen molar-refractivity contribution in [3.05, 3.63) is 35.9 Å². The van der Waals surface area contributed by atoms with Crippen molar-refractivity contribution >= 4 is 32.9 Å². The summed E-state index contributed by atoms with van der Waals surface area (Å²) >= 11 is 3.42. The third-order valence-electron chi connectivity index (χ3n) is 1.76. The van der Waals surface area contributed by atoms with Crippen molar-refractivity contribution in [1.82, 2.24) is 4.90 Å². The molecule has 0 aliphatic rings. The number of benzene rings is 1. The van der Waals surface area contributed by atoms with Gasteiger partial charge in [0, 0.05) is 18.4 Å². The molecule has 0 saturated carbocycles. The van der Waals surface area contributed by atoms with Crippen LogP contribution in [0, 0.1) is 0 Å². The van der Waals surface area contributed by atoms with Crippen molar-refractivity contribution in [1.29, 1.82) is 0 Å². The third kappa shape index (κ3) is 5.45. The normalized spacial score (nSPS) is 9.77. The number of hydrogen-bond acceptors (Lipinski definition) is 1. The van der Waals surface area contributed by atoms with E-state index in [2.05, 4.69) is 52.1 Å². The third-order valence-corrected chi connectivity index (χ3v) is 2.12. The molecular formula is C10H15Br2N. The largest absolute Gasteiger partial charge is 0.301 e. The molecule has 1 aromatic rings. The van der Waals surface area contributed by atoms with Crippen LogP contribution in [-0.2, 0) is 6.54 Å². The Morgan fingerprint density at radius 1 is 1.23 bits per heavy atom. The van der Waals surface area contributed by atoms with Crippen LogP contribution in [0.1, 0.15) is 5.56 Å². The lowest BCUT2D eigenvalue weighted by Crippen LogP contribution is -2.19. The summed E-state index contributed by atoms with van der Waals surface area (Å²) < 4.78 is 0. The number of alkyl halides is 1. The Morgan fingerprint density at radius 3 is 2.38 bits per heavy atom. The van der Waals surface area contributed by atoms with E-state index < -0.39 is 0 Å². The monoisotopic (exact) mass is 307 g/mol. The summed E-state index contributed by atoms with van der Waals surface area (Å²) in [6.45, 7) is 2.13. The van der Waals surface area contributed by atoms with Crippen molar-refractivity contribution in [2.75, 3.05) is 18.9 Å². The average molecular weight is 309 g/mol. The fourth-order valence-corrected chi connectivity index (χ4v) is 1.72. The Balaban J connectivity index is 0.00000144. The van der Waals surface area contributed by atoms with E-state index in [1.165, 1.54) is 5.56 Å². The molecule has 0 atom stereocenters. The average Bonchev–Trinajstić information content (AvgIpc) is 2.06. The van der Waals surface area contributed by atoms with Crippen LogP contribution >= 0.6 is 32.9 Å². The summed E-state index contributed by atoms with van der Waals surface area (Å²) in [5, 5.41) is 1.04. The van der Waals surface area contributed by atoms with E-state index in [1.54, 1.807) is 0 Å². The molecule has 0 aliphatic carbocycles. The van der Waals surface area contributed by atoms with Crippen LogP contribution in [0.3, 0.4) is 0 Å². The number of rotatable bonds is 4. The number of hydrogen-bond donors (Lipinski definition) is 0. The lowest BCUT2D eigenvalue weighted by Gasteiger charge is -2.14. The molecule has 1 aromatic carbocycles. The van der Waals surface area contributed by atoms with Gasteiger partial charge in [-0.05, 0) is 12.6 Å². The van der Waals surface area contributed by atoms with Gasteiger partial charge in [0.2, 0.25) is 0 Å². The van der Waals surface area contributed by atoms with E-state index >= 15 is 0 Å². The maximum absolute atomic E-state index is 3.42. The van der Waals surface area contributed by atoms with Crippen LogP contribution in [0.5, 0.6) is 0 Å². The van der Waals surface area contributed by atoms with Crippen molar-refractivity contribution in [3.63, 3.8) is 0 Å². The van der Waals surface area contributed by atoms with Gasteiger partial charge in [-0.3, -0.25) is 0 Å². The van der Waals surface area contributed by atoms with Crippen LogP contribution in [0.4, 0.5) is 0 Å². The fourth-order valence-electron chi connectivity index (χ4n) is 1.12. The van der Waals surface area contributed by atoms with Gasteiger partial charge < -0.3 is 4.90 Å². The molecule has 0 spiro atoms. The molecule has 0 aromatic heterocycles. The maximum Gasteiger partial charge on any atom is 0.0231 e. The Labute approximate surface area is 99.0 Å². The Kier molecular flexibility index (Phi) is 7.62. The zero-order valence-electron chi connectivity index (χ0n) is 7.74. The Bertz CT molecular complexity index is 213. The predicted molar refractivity (Wildman–Crippen MR) is 66.9 cm³/mol. The second-order valence-electron chi connectivity index (χ2n) is 2.91. The molecule has 0 heterocycles. The molecule has 13 heavy (non-hydrogen) atoms. The highest BCUT2D eigenvalue weighted by atomic mass is 79.9. The molecular weight excluding hydrogens is 294 g/mol. The zero-order valence-corrected chi connectivity index (χ0v) is 11.0. The molecule has 0 aliphatic heterocycles. The van der Waals surface area contributed by atoms with Gasteiger partial charge in [-0.15, -0.1) is 17.0 Å². The van der Waals surface area contributed by atoms with Gasteiger partial charge in [0.1, 0.15) is 0 Å². The number of halogens is 2. The lowest BCUT2D eigenvalue weighted by atomic mass is 10.2. The van der Waals surface area contributed by atoms with Crippen molar-refractivity contribution in [2.45, 2.75) is 6.54 Å². The first kappa shape index (κ1) is 13.1. The lowest BCUT2D eigenvalue weighted by molar-refractivity contribution is 0.349. The van der Waals surface area contributed by atoms with E-state index in [0.717, 1.165) is 18.4 Å². The SMILES string of the molecule is Br.CN(CCBr)Cc1ccccc1. The molecule has 74 valence electrons. The summed E-state index contributed by atoms with van der Waals surface area (Å²) in [5.41, 5.74) is 1.38. The Morgan fingerprint density at radius 2 is 1.85 bits per heavy atom. The molecule has 0 saturated heterocycles. The minimum absolute atomic E-state index is 0. The van der Waals surface area contributed by atoms with Gasteiger partial charge >= 0.3 is 0 Å². The van der Waals surface area contributed by atoms with Crippen LogP contribution in [0.15, 0.2) is 30.3 Å². The number of nitrogens with zero attached hydrogens (tertiary/aromatic N) is 1. The molecule has 3 heteroatoms. The van der Waals surface area contributed by atoms with E-state index in [0.29, 0.717) is 0 Å². The van der Waals surface area contributed by atoms with Gasteiger partial charge in [0.05, 0.1) is 0 Å². The second-order valence-corrected chi connectivity index (χ2v) is 3.71. The molecule has 1 nitrogen and oxygen atoms in total. The molecule has 1 rings (SSSR count). The van der Waals surface area contributed by atoms with Gasteiger partial charge in [-0.2, -0.15) is 0 Å². The van der Waals surface area contributed by atoms with Crippen LogP contribution in [0.2, 0.25) is 0 Å². The minimum Gasteiger partial charge on any atom is -0.301 e. The molecule has 0 fully saturated rings. The molecule has 0 N–H and O–H groups in total. The van der Waals surface area contributed by atoms with E-state index in [1.807, 2.05) is 6.07 Å². The fraction of sp³-hybridized carbons (Fsp3) is 0.400. The summed E-state index contributed by atoms with van der Waals surface area (Å²) in [6, 6.07) is 10.5. The van der Waals surface area contributed by atoms with Crippen molar-refractivity contribution in [2.24, 2.45) is 0 Å². The highest BCUT2D eigenvalue weighted by molar-refractivity contribution is 9.09. The summed E-state index contributed by atoms with van der Waals surface area (Å²) in [7, 11) is 2.13. The molecule has 0 radical (unpaired) electrons. The zero-order chi connectivity index (χ0) is 8.81. The van der Waals surface area contributed by atoms with Crippen LogP contribution < -0.4 is 0 Å². The van der Waals surface area contributed by atoms with Crippen LogP contribution in [-0.4, -0.2) is 23.8 Å². The summed E-state index contributed by atoms with van der Waals surface area (Å²) in [6.07, 6.45) is 0. The van der Waals surface area contributed by atoms with Crippen molar-refractivity contribution < 1.29 is 0 Å². The quantitative estimate of drug-likeness (QED) is 0.773. The topological polar surface area (TPSA) is 3.24 Å². The molecule has 0 unspecified atom stereocenters. The summed E-state index contributed by atoms with van der Waals surface area (Å²) in [4.78, 5) is 2.30. The first-order valence-corrected chi connectivity index (χ1v) is 5.23. The highest BCUT2D eigenvalue weighted by Crippen LogP contribution is 2.02. The summed E-state index contributed by atoms with van der Waals surface area (Å²) in [5.74, 6) is 0. The van der Waals surface area contributed by atoms with Gasteiger partial charge in [-0.1, -0.05) is 46.3 Å². The standard InChI is InChI=1S/C10H14BrN.BrH/c1-12(8-7-11)9-10-5-3-2-4-6-10;/h2-6H,7-9H2,1H3;1H. The highest BCUT2D eigenvalue weighted by Gasteiger charge is 1.96. The predicted octanol–water partition coefficient (Wildman–Crippen LogP) is 3.09. The van der Waals surface area contributed by atoms with Gasteiger partial charge in [0.25, 0.3) is 0 Å². The van der Waals surface area contributed by atoms with E-state index in [9.17, 15) is 0 Å². The molecule has 0 bridgehead atoms. The van der Waals surface area contributed by atoms with Gasteiger partial charge in [0.15, 0.2) is 0 Å². The molecule has 0 amide bonds. The first-order valence-electron chi connectivity index (χ1n) is 4.11.